The molecule has 0 aromatic rings. The fraction of sp³-hybridized carbons (Fsp3) is 1.00. The Hall–Kier alpha value is -0.120. The standard InChI is InChI=1S/C8H17NO2/c1-7(5-10)9-3-4-11-6-8(9)2/h7-8,10H,3-6H2,1-2H3. The number of aliphatic hydroxyl groups excluding tert-OH is 1. The Morgan fingerprint density at radius 2 is 2.45 bits per heavy atom. The summed E-state index contributed by atoms with van der Waals surface area (Å²) in [6.07, 6.45) is 0. The van der Waals surface area contributed by atoms with Crippen molar-refractivity contribution in [3.8, 4) is 0 Å². The van der Waals surface area contributed by atoms with Crippen LogP contribution in [0.2, 0.25) is 0 Å². The summed E-state index contributed by atoms with van der Waals surface area (Å²) in [5.41, 5.74) is 0. The van der Waals surface area contributed by atoms with E-state index in [0.29, 0.717) is 6.04 Å². The lowest BCUT2D eigenvalue weighted by molar-refractivity contribution is -0.0287. The number of morpholine rings is 1. The SMILES string of the molecule is CC(CO)N1CCOCC1C. The van der Waals surface area contributed by atoms with Gasteiger partial charge >= 0.3 is 0 Å². The molecule has 3 nitrogen and oxygen atoms in total. The van der Waals surface area contributed by atoms with Crippen LogP contribution in [0.1, 0.15) is 13.8 Å². The molecular weight excluding hydrogens is 142 g/mol. The molecule has 0 spiro atoms. The van der Waals surface area contributed by atoms with Crippen LogP contribution in [-0.2, 0) is 4.74 Å². The highest BCUT2D eigenvalue weighted by molar-refractivity contribution is 4.75. The smallest absolute Gasteiger partial charge is 0.0619 e. The lowest BCUT2D eigenvalue weighted by Crippen LogP contribution is -2.49. The maximum absolute atomic E-state index is 8.92. The second-order valence-corrected chi connectivity index (χ2v) is 3.19. The monoisotopic (exact) mass is 159 g/mol. The molecule has 1 N–H and O–H groups in total. The third kappa shape index (κ3) is 2.15. The largest absolute Gasteiger partial charge is 0.395 e. The molecule has 1 rings (SSSR count). The molecule has 2 unspecified atom stereocenters. The highest BCUT2D eigenvalue weighted by atomic mass is 16.5. The van der Waals surface area contributed by atoms with Crippen LogP contribution in [0.5, 0.6) is 0 Å². The van der Waals surface area contributed by atoms with Crippen molar-refractivity contribution in [2.75, 3.05) is 26.4 Å². The Balaban J connectivity index is 2.40. The van der Waals surface area contributed by atoms with Gasteiger partial charge in [-0.2, -0.15) is 0 Å². The number of nitrogens with zero attached hydrogens (tertiary/aromatic N) is 1. The predicted molar refractivity (Wildman–Crippen MR) is 43.5 cm³/mol. The zero-order chi connectivity index (χ0) is 8.27. The van der Waals surface area contributed by atoms with Crippen molar-refractivity contribution >= 4 is 0 Å². The van der Waals surface area contributed by atoms with Gasteiger partial charge in [-0.3, -0.25) is 4.90 Å². The molecule has 1 aliphatic heterocycles. The van der Waals surface area contributed by atoms with Gasteiger partial charge in [-0.25, -0.2) is 0 Å². The van der Waals surface area contributed by atoms with Gasteiger partial charge in [0, 0.05) is 18.6 Å². The molecule has 0 aliphatic carbocycles. The Morgan fingerprint density at radius 3 is 3.00 bits per heavy atom. The second-order valence-electron chi connectivity index (χ2n) is 3.19. The highest BCUT2D eigenvalue weighted by Gasteiger charge is 2.22. The van der Waals surface area contributed by atoms with Gasteiger partial charge < -0.3 is 9.84 Å². The van der Waals surface area contributed by atoms with Crippen molar-refractivity contribution in [2.24, 2.45) is 0 Å². The van der Waals surface area contributed by atoms with Crippen LogP contribution in [0, 0.1) is 0 Å². The van der Waals surface area contributed by atoms with Crippen molar-refractivity contribution in [3.63, 3.8) is 0 Å². The fourth-order valence-electron chi connectivity index (χ4n) is 1.50. The molecule has 3 heteroatoms. The van der Waals surface area contributed by atoms with Crippen LogP contribution in [0.15, 0.2) is 0 Å². The van der Waals surface area contributed by atoms with Gasteiger partial charge in [0.25, 0.3) is 0 Å². The first kappa shape index (κ1) is 8.97. The van der Waals surface area contributed by atoms with Crippen LogP contribution >= 0.6 is 0 Å². The molecule has 0 saturated carbocycles. The normalized spacial score (nSPS) is 30.3. The molecular formula is C8H17NO2. The first-order chi connectivity index (χ1) is 5.25. The summed E-state index contributed by atoms with van der Waals surface area (Å²) in [5, 5.41) is 8.92. The molecule has 1 saturated heterocycles. The lowest BCUT2D eigenvalue weighted by atomic mass is 10.2. The van der Waals surface area contributed by atoms with E-state index in [4.69, 9.17) is 9.84 Å². The van der Waals surface area contributed by atoms with Crippen LogP contribution in [0.4, 0.5) is 0 Å². The quantitative estimate of drug-likeness (QED) is 0.619. The van der Waals surface area contributed by atoms with Gasteiger partial charge in [0.05, 0.1) is 19.8 Å². The lowest BCUT2D eigenvalue weighted by Gasteiger charge is -2.36. The van der Waals surface area contributed by atoms with Crippen molar-refractivity contribution < 1.29 is 9.84 Å². The summed E-state index contributed by atoms with van der Waals surface area (Å²) < 4.78 is 5.28. The van der Waals surface area contributed by atoms with E-state index < -0.39 is 0 Å². The van der Waals surface area contributed by atoms with Gasteiger partial charge in [0.2, 0.25) is 0 Å². The third-order valence-corrected chi connectivity index (χ3v) is 2.25. The van der Waals surface area contributed by atoms with E-state index in [1.807, 2.05) is 6.92 Å². The van der Waals surface area contributed by atoms with Gasteiger partial charge in [-0.15, -0.1) is 0 Å². The summed E-state index contributed by atoms with van der Waals surface area (Å²) in [6.45, 7) is 6.96. The van der Waals surface area contributed by atoms with Crippen molar-refractivity contribution in [1.82, 2.24) is 4.90 Å². The number of rotatable bonds is 2. The predicted octanol–water partition coefficient (Wildman–Crippen LogP) is 0.0879. The summed E-state index contributed by atoms with van der Waals surface area (Å²) >= 11 is 0. The maximum atomic E-state index is 8.92. The van der Waals surface area contributed by atoms with Gasteiger partial charge in [-0.1, -0.05) is 0 Å². The molecule has 0 radical (unpaired) electrons. The molecule has 1 fully saturated rings. The molecule has 66 valence electrons. The van der Waals surface area contributed by atoms with Crippen LogP contribution in [0.3, 0.4) is 0 Å². The van der Waals surface area contributed by atoms with E-state index in [1.165, 1.54) is 0 Å². The Labute approximate surface area is 68.0 Å². The van der Waals surface area contributed by atoms with Crippen molar-refractivity contribution in [2.45, 2.75) is 25.9 Å². The van der Waals surface area contributed by atoms with E-state index in [0.717, 1.165) is 19.8 Å². The Kier molecular flexibility index (Phi) is 3.30. The van der Waals surface area contributed by atoms with E-state index in [2.05, 4.69) is 11.8 Å². The summed E-state index contributed by atoms with van der Waals surface area (Å²) in [5.74, 6) is 0. The first-order valence-electron chi connectivity index (χ1n) is 4.20. The Morgan fingerprint density at radius 1 is 1.73 bits per heavy atom. The highest BCUT2D eigenvalue weighted by Crippen LogP contribution is 2.09. The minimum Gasteiger partial charge on any atom is -0.395 e. The zero-order valence-electron chi connectivity index (χ0n) is 7.29. The van der Waals surface area contributed by atoms with Crippen LogP contribution in [0.25, 0.3) is 0 Å². The second kappa shape index (κ2) is 4.04. The van der Waals surface area contributed by atoms with Crippen LogP contribution < -0.4 is 0 Å². The van der Waals surface area contributed by atoms with Gasteiger partial charge in [0.15, 0.2) is 0 Å². The Bertz CT molecular complexity index is 115. The molecule has 0 amide bonds. The summed E-state index contributed by atoms with van der Waals surface area (Å²) in [4.78, 5) is 2.28. The number of hydrogen-bond donors (Lipinski definition) is 1. The maximum Gasteiger partial charge on any atom is 0.0619 e. The zero-order valence-corrected chi connectivity index (χ0v) is 7.29. The molecule has 2 atom stereocenters. The van der Waals surface area contributed by atoms with Crippen molar-refractivity contribution in [3.05, 3.63) is 0 Å². The first-order valence-corrected chi connectivity index (χ1v) is 4.20. The fourth-order valence-corrected chi connectivity index (χ4v) is 1.50. The van der Waals surface area contributed by atoms with Crippen molar-refractivity contribution in [1.29, 1.82) is 0 Å². The minimum atomic E-state index is 0.240. The van der Waals surface area contributed by atoms with E-state index in [1.54, 1.807) is 0 Å². The number of aliphatic hydroxyl groups is 1. The molecule has 0 aromatic carbocycles. The van der Waals surface area contributed by atoms with Crippen LogP contribution in [-0.4, -0.2) is 48.5 Å². The van der Waals surface area contributed by atoms with E-state index in [9.17, 15) is 0 Å². The average Bonchev–Trinajstić information content (AvgIpc) is 2.04. The third-order valence-electron chi connectivity index (χ3n) is 2.25. The topological polar surface area (TPSA) is 32.7 Å². The average molecular weight is 159 g/mol. The summed E-state index contributed by atoms with van der Waals surface area (Å²) in [7, 11) is 0. The molecule has 0 aromatic heterocycles. The summed E-state index contributed by atoms with van der Waals surface area (Å²) in [6, 6.07) is 0.722. The van der Waals surface area contributed by atoms with E-state index >= 15 is 0 Å². The molecule has 1 aliphatic rings. The van der Waals surface area contributed by atoms with Gasteiger partial charge in [-0.05, 0) is 13.8 Å². The molecule has 11 heavy (non-hydrogen) atoms. The number of hydrogen-bond acceptors (Lipinski definition) is 3. The minimum absolute atomic E-state index is 0.240. The molecule has 0 bridgehead atoms. The van der Waals surface area contributed by atoms with E-state index in [-0.39, 0.29) is 12.6 Å². The molecule has 1 heterocycles. The number of ether oxygens (including phenoxy) is 1. The van der Waals surface area contributed by atoms with Gasteiger partial charge in [0.1, 0.15) is 0 Å².